The van der Waals surface area contributed by atoms with Gasteiger partial charge < -0.3 is 5.73 Å². The average molecular weight is 340 g/mol. The molecule has 1 aromatic carbocycles. The lowest BCUT2D eigenvalue weighted by molar-refractivity contribution is -0.117. The van der Waals surface area contributed by atoms with E-state index in [4.69, 9.17) is 17.3 Å². The molecule has 8 heteroatoms. The quantitative estimate of drug-likeness (QED) is 0.805. The molecule has 3 N–H and O–H groups in total. The molecule has 2 rings (SSSR count). The Kier molecular flexibility index (Phi) is 6.23. The molecule has 1 amide bonds. The summed E-state index contributed by atoms with van der Waals surface area (Å²) in [5.74, 6) is 0.837. The molecule has 22 heavy (non-hydrogen) atoms. The Bertz CT molecular complexity index is 616. The maximum atomic E-state index is 11.9. The Hall–Kier alpha value is -1.57. The zero-order chi connectivity index (χ0) is 15.9. The fourth-order valence-corrected chi connectivity index (χ4v) is 2.40. The number of carbonyl (C=O) groups is 1. The van der Waals surface area contributed by atoms with Gasteiger partial charge in [-0.1, -0.05) is 23.7 Å². The van der Waals surface area contributed by atoms with E-state index in [0.29, 0.717) is 18.0 Å². The number of amides is 1. The van der Waals surface area contributed by atoms with Gasteiger partial charge in [-0.3, -0.25) is 10.1 Å². The number of nitrogens with zero attached hydrogens (tertiary/aromatic N) is 3. The van der Waals surface area contributed by atoms with Crippen molar-refractivity contribution in [1.29, 1.82) is 0 Å². The molecule has 118 valence electrons. The Morgan fingerprint density at radius 1 is 1.45 bits per heavy atom. The molecule has 1 unspecified atom stereocenters. The number of nitrogens with one attached hydrogen (secondary N) is 1. The van der Waals surface area contributed by atoms with Crippen molar-refractivity contribution in [1.82, 2.24) is 14.8 Å². The SMILES string of the molecule is CSCCC(N)C(=O)Nc1ncn(Cc2ccc(Cl)cc2)n1. The summed E-state index contributed by atoms with van der Waals surface area (Å²) in [6.07, 6.45) is 4.17. The van der Waals surface area contributed by atoms with Crippen molar-refractivity contribution in [2.45, 2.75) is 19.0 Å². The van der Waals surface area contributed by atoms with E-state index >= 15 is 0 Å². The first-order chi connectivity index (χ1) is 10.6. The zero-order valence-corrected chi connectivity index (χ0v) is 13.8. The molecule has 1 heterocycles. The Morgan fingerprint density at radius 3 is 2.86 bits per heavy atom. The lowest BCUT2D eigenvalue weighted by Crippen LogP contribution is -2.36. The number of halogens is 1. The minimum absolute atomic E-state index is 0.263. The summed E-state index contributed by atoms with van der Waals surface area (Å²) in [5, 5.41) is 7.53. The van der Waals surface area contributed by atoms with Crippen LogP contribution in [0.25, 0.3) is 0 Å². The van der Waals surface area contributed by atoms with Gasteiger partial charge in [0.15, 0.2) is 0 Å². The summed E-state index contributed by atoms with van der Waals surface area (Å²) in [4.78, 5) is 15.9. The van der Waals surface area contributed by atoms with Gasteiger partial charge in [0.05, 0.1) is 12.6 Å². The van der Waals surface area contributed by atoms with Crippen LogP contribution in [-0.4, -0.2) is 38.7 Å². The van der Waals surface area contributed by atoms with Crippen molar-refractivity contribution in [2.24, 2.45) is 5.73 Å². The smallest absolute Gasteiger partial charge is 0.248 e. The maximum absolute atomic E-state index is 11.9. The second-order valence-electron chi connectivity index (χ2n) is 4.77. The summed E-state index contributed by atoms with van der Waals surface area (Å²) in [7, 11) is 0. The van der Waals surface area contributed by atoms with Gasteiger partial charge in [-0.25, -0.2) is 9.67 Å². The third-order valence-corrected chi connectivity index (χ3v) is 3.89. The minimum atomic E-state index is -0.546. The van der Waals surface area contributed by atoms with Crippen LogP contribution < -0.4 is 11.1 Å². The molecule has 0 bridgehead atoms. The molecular weight excluding hydrogens is 322 g/mol. The van der Waals surface area contributed by atoms with Gasteiger partial charge in [-0.05, 0) is 36.1 Å². The van der Waals surface area contributed by atoms with E-state index in [1.807, 2.05) is 30.5 Å². The number of anilines is 1. The van der Waals surface area contributed by atoms with Crippen molar-refractivity contribution in [3.8, 4) is 0 Å². The van der Waals surface area contributed by atoms with E-state index in [0.717, 1.165) is 11.3 Å². The summed E-state index contributed by atoms with van der Waals surface area (Å²) in [6, 6.07) is 6.93. The highest BCUT2D eigenvalue weighted by Crippen LogP contribution is 2.11. The summed E-state index contributed by atoms with van der Waals surface area (Å²) < 4.78 is 1.65. The molecule has 0 saturated carbocycles. The molecule has 1 aromatic heterocycles. The van der Waals surface area contributed by atoms with E-state index in [2.05, 4.69) is 15.4 Å². The normalized spacial score (nSPS) is 12.1. The lowest BCUT2D eigenvalue weighted by atomic mass is 10.2. The predicted octanol–water partition coefficient (Wildman–Crippen LogP) is 2.00. The van der Waals surface area contributed by atoms with Crippen molar-refractivity contribution in [3.63, 3.8) is 0 Å². The van der Waals surface area contributed by atoms with Crippen molar-refractivity contribution in [3.05, 3.63) is 41.2 Å². The molecule has 0 radical (unpaired) electrons. The largest absolute Gasteiger partial charge is 0.320 e. The van der Waals surface area contributed by atoms with Crippen LogP contribution in [0.4, 0.5) is 5.95 Å². The van der Waals surface area contributed by atoms with Gasteiger partial charge in [-0.15, -0.1) is 5.10 Å². The standard InChI is InChI=1S/C14H18ClN5OS/c1-22-7-6-12(16)13(21)18-14-17-9-20(19-14)8-10-2-4-11(15)5-3-10/h2-5,9,12H,6-8,16H2,1H3,(H,18,19,21). The summed E-state index contributed by atoms with van der Waals surface area (Å²) in [5.41, 5.74) is 6.84. The van der Waals surface area contributed by atoms with Gasteiger partial charge in [0.2, 0.25) is 11.9 Å². The number of hydrogen-bond donors (Lipinski definition) is 2. The number of thioether (sulfide) groups is 1. The van der Waals surface area contributed by atoms with Crippen LogP contribution in [0.1, 0.15) is 12.0 Å². The van der Waals surface area contributed by atoms with Crippen LogP contribution in [0, 0.1) is 0 Å². The van der Waals surface area contributed by atoms with E-state index in [9.17, 15) is 4.79 Å². The molecule has 0 aliphatic rings. The highest BCUT2D eigenvalue weighted by atomic mass is 35.5. The molecule has 0 aliphatic heterocycles. The fraction of sp³-hybridized carbons (Fsp3) is 0.357. The maximum Gasteiger partial charge on any atom is 0.248 e. The Morgan fingerprint density at radius 2 is 2.18 bits per heavy atom. The van der Waals surface area contributed by atoms with Crippen LogP contribution in [0.15, 0.2) is 30.6 Å². The molecule has 0 saturated heterocycles. The van der Waals surface area contributed by atoms with E-state index in [1.54, 1.807) is 22.8 Å². The fourth-order valence-electron chi connectivity index (χ4n) is 1.78. The average Bonchev–Trinajstić information content (AvgIpc) is 2.94. The van der Waals surface area contributed by atoms with Gasteiger partial charge in [0.1, 0.15) is 6.33 Å². The topological polar surface area (TPSA) is 85.8 Å². The Balaban J connectivity index is 1.91. The first-order valence-electron chi connectivity index (χ1n) is 6.78. The third-order valence-electron chi connectivity index (χ3n) is 3.00. The predicted molar refractivity (Wildman–Crippen MR) is 90.2 cm³/mol. The van der Waals surface area contributed by atoms with Crippen LogP contribution in [0.3, 0.4) is 0 Å². The second kappa shape index (κ2) is 8.17. The number of rotatable bonds is 7. The molecule has 1 atom stereocenters. The van der Waals surface area contributed by atoms with Gasteiger partial charge in [-0.2, -0.15) is 11.8 Å². The molecule has 6 nitrogen and oxygen atoms in total. The van der Waals surface area contributed by atoms with E-state index in [-0.39, 0.29) is 11.9 Å². The van der Waals surface area contributed by atoms with Crippen molar-refractivity contribution >= 4 is 35.2 Å². The number of carbonyl (C=O) groups excluding carboxylic acids is 1. The summed E-state index contributed by atoms with van der Waals surface area (Å²) in [6.45, 7) is 0.554. The van der Waals surface area contributed by atoms with Crippen LogP contribution in [-0.2, 0) is 11.3 Å². The lowest BCUT2D eigenvalue weighted by Gasteiger charge is -2.09. The second-order valence-corrected chi connectivity index (χ2v) is 6.19. The van der Waals surface area contributed by atoms with Crippen LogP contribution in [0.5, 0.6) is 0 Å². The van der Waals surface area contributed by atoms with Crippen LogP contribution in [0.2, 0.25) is 5.02 Å². The molecule has 2 aromatic rings. The number of benzene rings is 1. The monoisotopic (exact) mass is 339 g/mol. The number of hydrogen-bond acceptors (Lipinski definition) is 5. The van der Waals surface area contributed by atoms with Gasteiger partial charge >= 0.3 is 0 Å². The van der Waals surface area contributed by atoms with Crippen molar-refractivity contribution < 1.29 is 4.79 Å². The highest BCUT2D eigenvalue weighted by Gasteiger charge is 2.14. The number of aromatic nitrogens is 3. The van der Waals surface area contributed by atoms with E-state index in [1.165, 1.54) is 0 Å². The number of nitrogens with two attached hydrogens (primary N) is 1. The zero-order valence-electron chi connectivity index (χ0n) is 12.2. The van der Waals surface area contributed by atoms with E-state index < -0.39 is 6.04 Å². The summed E-state index contributed by atoms with van der Waals surface area (Å²) >= 11 is 7.50. The molecular formula is C14H18ClN5OS. The minimum Gasteiger partial charge on any atom is -0.320 e. The van der Waals surface area contributed by atoms with Crippen molar-refractivity contribution in [2.75, 3.05) is 17.3 Å². The molecule has 0 fully saturated rings. The molecule has 0 spiro atoms. The van der Waals surface area contributed by atoms with Gasteiger partial charge in [0.25, 0.3) is 0 Å². The highest BCUT2D eigenvalue weighted by molar-refractivity contribution is 7.98. The van der Waals surface area contributed by atoms with Gasteiger partial charge in [0, 0.05) is 5.02 Å². The third kappa shape index (κ3) is 5.01. The van der Waals surface area contributed by atoms with Crippen LogP contribution >= 0.6 is 23.4 Å². The Labute approximate surface area is 138 Å². The first kappa shape index (κ1) is 16.8. The first-order valence-corrected chi connectivity index (χ1v) is 8.55. The molecule has 0 aliphatic carbocycles.